The Morgan fingerprint density at radius 3 is 1.89 bits per heavy atom. The lowest BCUT2D eigenvalue weighted by atomic mass is 9.82. The maximum atomic E-state index is 13.3. The number of ether oxygens (including phenoxy) is 2. The van der Waals surface area contributed by atoms with Crippen molar-refractivity contribution in [1.82, 2.24) is 0 Å². The van der Waals surface area contributed by atoms with E-state index >= 15 is 0 Å². The van der Waals surface area contributed by atoms with Crippen LogP contribution in [0.2, 0.25) is 23.2 Å². The van der Waals surface area contributed by atoms with Crippen LogP contribution in [0.4, 0.5) is 0 Å². The van der Waals surface area contributed by atoms with Gasteiger partial charge in [0.25, 0.3) is 8.32 Å². The lowest BCUT2D eigenvalue weighted by molar-refractivity contribution is -0.0833. The highest BCUT2D eigenvalue weighted by molar-refractivity contribution is 7.98. The lowest BCUT2D eigenvalue weighted by Gasteiger charge is -2.45. The molecule has 0 saturated heterocycles. The van der Waals surface area contributed by atoms with Gasteiger partial charge in [0.2, 0.25) is 0 Å². The smallest absolute Gasteiger partial charge is 0.258 e. The third-order valence-electron chi connectivity index (χ3n) is 11.5. The average Bonchev–Trinajstić information content (AvgIpc) is 3.13. The Balaban J connectivity index is 2.85. The van der Waals surface area contributed by atoms with E-state index in [0.29, 0.717) is 25.4 Å². The molecule has 8 heteroatoms. The molecule has 0 amide bonds. The predicted molar refractivity (Wildman–Crippen MR) is 236 cm³/mol. The zero-order valence-corrected chi connectivity index (χ0v) is 38.3. The van der Waals surface area contributed by atoms with Gasteiger partial charge in [-0.3, -0.25) is 0 Å². The molecule has 0 saturated carbocycles. The molecular weight excluding hydrogens is 709 g/mol. The van der Waals surface area contributed by atoms with Crippen LogP contribution in [0.5, 0.6) is 0 Å². The summed E-state index contributed by atoms with van der Waals surface area (Å²) in [5.74, 6) is 0.473. The second-order valence-electron chi connectivity index (χ2n) is 17.0. The average molecular weight is 783 g/mol. The molecule has 0 radical (unpaired) electrons. The first kappa shape index (κ1) is 47.4. The molecule has 1 unspecified atom stereocenters. The fourth-order valence-electron chi connectivity index (χ4n) is 6.71. The summed E-state index contributed by atoms with van der Waals surface area (Å²) in [5.41, 5.74) is 3.39. The van der Waals surface area contributed by atoms with Crippen LogP contribution in [0.1, 0.15) is 101 Å². The Labute approximate surface area is 331 Å². The van der Waals surface area contributed by atoms with Crippen LogP contribution in [-0.4, -0.2) is 70.3 Å². The molecule has 0 aliphatic rings. The Bertz CT molecular complexity index is 1390. The van der Waals surface area contributed by atoms with Gasteiger partial charge in [0.1, 0.15) is 0 Å². The summed E-state index contributed by atoms with van der Waals surface area (Å²) < 4.78 is 20.7. The van der Waals surface area contributed by atoms with Crippen molar-refractivity contribution in [3.63, 3.8) is 0 Å². The van der Waals surface area contributed by atoms with Crippen LogP contribution in [0.15, 0.2) is 95.6 Å². The number of aliphatic hydroxyl groups excluding tert-OH is 1. The second-order valence-corrected chi connectivity index (χ2v) is 26.5. The molecule has 0 aliphatic carbocycles. The number of thioether (sulfide) groups is 1. The predicted octanol–water partition coefficient (Wildman–Crippen LogP) is 10.4. The van der Waals surface area contributed by atoms with Crippen LogP contribution >= 0.6 is 11.8 Å². The molecule has 0 fully saturated rings. The van der Waals surface area contributed by atoms with E-state index in [1.54, 1.807) is 11.8 Å². The minimum Gasteiger partial charge on any atom is -0.424 e. The minimum absolute atomic E-state index is 0.0126. The van der Waals surface area contributed by atoms with Gasteiger partial charge in [-0.1, -0.05) is 138 Å². The normalized spacial score (nSPS) is 16.4. The first-order valence-corrected chi connectivity index (χ1v) is 25.9. The van der Waals surface area contributed by atoms with Crippen LogP contribution in [0.3, 0.4) is 0 Å². The largest absolute Gasteiger partial charge is 0.424 e. The van der Waals surface area contributed by atoms with Gasteiger partial charge >= 0.3 is 0 Å². The summed E-state index contributed by atoms with van der Waals surface area (Å²) in [7, 11) is -5.40. The topological polar surface area (TPSA) is 68.2 Å². The van der Waals surface area contributed by atoms with Crippen molar-refractivity contribution >= 4 is 38.8 Å². The highest BCUT2D eigenvalue weighted by Crippen LogP contribution is 2.46. The highest BCUT2D eigenvalue weighted by Gasteiger charge is 2.52. The van der Waals surface area contributed by atoms with E-state index in [-0.39, 0.29) is 35.9 Å². The number of hydrogen-bond acceptors (Lipinski definition) is 6. The molecule has 0 heterocycles. The maximum Gasteiger partial charge on any atom is 0.258 e. The molecular formula is C45H74O5SSi2. The fourth-order valence-corrected chi connectivity index (χ4v) is 12.1. The van der Waals surface area contributed by atoms with E-state index in [4.69, 9.17) is 13.9 Å². The van der Waals surface area contributed by atoms with Gasteiger partial charge in [-0.2, -0.15) is 0 Å². The van der Waals surface area contributed by atoms with E-state index < -0.39 is 21.7 Å². The summed E-state index contributed by atoms with van der Waals surface area (Å²) in [6.45, 7) is 27.4. The summed E-state index contributed by atoms with van der Waals surface area (Å²) in [4.78, 5) is 13.3. The molecule has 5 nitrogen and oxygen atoms in total. The third-order valence-corrected chi connectivity index (χ3v) is 20.8. The molecule has 0 aliphatic heterocycles. The van der Waals surface area contributed by atoms with Crippen molar-refractivity contribution in [1.29, 1.82) is 0 Å². The van der Waals surface area contributed by atoms with Gasteiger partial charge in [0.05, 0.1) is 30.9 Å². The second kappa shape index (κ2) is 22.1. The monoisotopic (exact) mass is 782 g/mol. The summed E-state index contributed by atoms with van der Waals surface area (Å²) >= 11 is 1.66. The summed E-state index contributed by atoms with van der Waals surface area (Å²) in [6.07, 6.45) is 12.2. The van der Waals surface area contributed by atoms with Crippen molar-refractivity contribution in [3.8, 4) is 0 Å². The zero-order valence-electron chi connectivity index (χ0n) is 35.5. The first-order chi connectivity index (χ1) is 24.9. The van der Waals surface area contributed by atoms with Gasteiger partial charge in [0.15, 0.2) is 8.32 Å². The summed E-state index contributed by atoms with van der Waals surface area (Å²) in [6, 6.07) is 20.6. The van der Waals surface area contributed by atoms with Gasteiger partial charge in [-0.15, -0.1) is 11.8 Å². The molecule has 0 aromatic heterocycles. The number of allylic oxidation sites excluding steroid dienone is 1. The van der Waals surface area contributed by atoms with Gasteiger partial charge < -0.3 is 23.8 Å². The van der Waals surface area contributed by atoms with E-state index in [9.17, 15) is 9.90 Å². The van der Waals surface area contributed by atoms with Crippen molar-refractivity contribution < 1.29 is 23.8 Å². The van der Waals surface area contributed by atoms with E-state index in [2.05, 4.69) is 124 Å². The van der Waals surface area contributed by atoms with Gasteiger partial charge in [0, 0.05) is 12.5 Å². The molecule has 53 heavy (non-hydrogen) atoms. The minimum atomic E-state index is -3.35. The van der Waals surface area contributed by atoms with Crippen molar-refractivity contribution in [2.75, 3.05) is 25.4 Å². The van der Waals surface area contributed by atoms with Crippen LogP contribution in [0, 0.1) is 5.92 Å². The number of rotatable bonds is 23. The summed E-state index contributed by atoms with van der Waals surface area (Å²) in [5, 5.41) is 11.5. The van der Waals surface area contributed by atoms with Crippen LogP contribution in [-0.2, 0) is 13.9 Å². The SMILES string of the molecule is C/C=C(/C)[C@@H](C/C=C(\C)[C@@H](CC(C)(C)[Si](O)(c1ccccc1)c1ccccc1)[C@H](OCCCC)C(C/C=C(/C)CO)OCSC)O[Si](C)(C)C(C)(C)C. The van der Waals surface area contributed by atoms with Crippen LogP contribution in [0.25, 0.3) is 0 Å². The number of unbranched alkanes of at least 4 members (excludes halogenated alkanes) is 1. The molecule has 0 bridgehead atoms. The Morgan fingerprint density at radius 2 is 1.42 bits per heavy atom. The standard InChI is InChI=1S/C45H74O5SSi2/c1-14-16-31-48-43(42(49-34-51-11)29-27-35(3)33-46)40(37(5)28-30-41(36(4)15-2)50-52(12,13)44(6,7)8)32-45(9,10)53(47,38-23-19-17-20-24-38)39-25-21-18-22-26-39/h15,17-28,40-43,46-47H,14,16,29-34H2,1-13H3/b35-27-,36-15-,37-28+/t40-,41-,42?,43+/m1/s1. The van der Waals surface area contributed by atoms with E-state index in [1.807, 2.05) is 43.3 Å². The van der Waals surface area contributed by atoms with Crippen molar-refractivity contribution in [3.05, 3.63) is 95.6 Å². The van der Waals surface area contributed by atoms with Gasteiger partial charge in [-0.25, -0.2) is 0 Å². The first-order valence-electron chi connectivity index (χ1n) is 19.7. The lowest BCUT2D eigenvalue weighted by Crippen LogP contribution is -2.66. The number of aliphatic hydroxyl groups is 1. The third kappa shape index (κ3) is 13.5. The molecule has 298 valence electrons. The van der Waals surface area contributed by atoms with Crippen LogP contribution < -0.4 is 10.4 Å². The van der Waals surface area contributed by atoms with Gasteiger partial charge in [-0.05, 0) is 98.8 Å². The quantitative estimate of drug-likeness (QED) is 0.0507. The highest BCUT2D eigenvalue weighted by atomic mass is 32.2. The maximum absolute atomic E-state index is 13.3. The number of hydrogen-bond donors (Lipinski definition) is 2. The number of benzene rings is 2. The molecule has 4 atom stereocenters. The molecule has 2 aromatic carbocycles. The Kier molecular flexibility index (Phi) is 19.8. The molecule has 0 spiro atoms. The Morgan fingerprint density at radius 1 is 0.849 bits per heavy atom. The Hall–Kier alpha value is -1.76. The molecule has 2 rings (SSSR count). The van der Waals surface area contributed by atoms with Crippen molar-refractivity contribution in [2.45, 2.75) is 143 Å². The molecule has 2 N–H and O–H groups in total. The zero-order chi connectivity index (χ0) is 39.9. The van der Waals surface area contributed by atoms with E-state index in [0.717, 1.165) is 35.2 Å². The van der Waals surface area contributed by atoms with E-state index in [1.165, 1.54) is 11.1 Å². The van der Waals surface area contributed by atoms with Crippen molar-refractivity contribution in [2.24, 2.45) is 5.92 Å². The fraction of sp³-hybridized carbons (Fsp3) is 0.600. The molecule has 2 aromatic rings.